The normalized spacial score (nSPS) is 18.2. The van der Waals surface area contributed by atoms with Crippen molar-refractivity contribution in [2.24, 2.45) is 0 Å². The van der Waals surface area contributed by atoms with Gasteiger partial charge in [0, 0.05) is 29.2 Å². The number of aromatic nitrogens is 1. The van der Waals surface area contributed by atoms with Crippen molar-refractivity contribution in [1.82, 2.24) is 10.3 Å². The molecule has 3 N–H and O–H groups in total. The molecule has 0 amide bonds. The number of aliphatic hydroxyl groups excluding tert-OH is 1. The van der Waals surface area contributed by atoms with Crippen molar-refractivity contribution in [3.63, 3.8) is 0 Å². The second-order valence-electron chi connectivity index (χ2n) is 5.01. The van der Waals surface area contributed by atoms with Crippen LogP contribution >= 0.6 is 0 Å². The average Bonchev–Trinajstić information content (AvgIpc) is 2.72. The van der Waals surface area contributed by atoms with Crippen molar-refractivity contribution >= 4 is 10.9 Å². The zero-order valence-corrected chi connectivity index (χ0v) is 9.87. The molecule has 0 spiro atoms. The summed E-state index contributed by atoms with van der Waals surface area (Å²) in [5, 5.41) is 14.2. The molecule has 0 radical (unpaired) electrons. The predicted molar refractivity (Wildman–Crippen MR) is 68.8 cm³/mol. The summed E-state index contributed by atoms with van der Waals surface area (Å²) in [7, 11) is 0. The molecule has 1 aromatic carbocycles. The Hall–Kier alpha value is -1.32. The molecule has 1 aliphatic carbocycles. The van der Waals surface area contributed by atoms with Crippen LogP contribution in [0.2, 0.25) is 0 Å². The van der Waals surface area contributed by atoms with Gasteiger partial charge in [-0.3, -0.25) is 0 Å². The van der Waals surface area contributed by atoms with Crippen LogP contribution < -0.4 is 5.32 Å². The fraction of sp³-hybridized carbons (Fsp3) is 0.429. The van der Waals surface area contributed by atoms with Crippen LogP contribution in [-0.4, -0.2) is 22.2 Å². The molecule has 1 fully saturated rings. The maximum absolute atomic E-state index is 9.41. The van der Waals surface area contributed by atoms with Crippen LogP contribution in [0.3, 0.4) is 0 Å². The molecule has 90 valence electrons. The van der Waals surface area contributed by atoms with Gasteiger partial charge >= 0.3 is 0 Å². The molecule has 3 heteroatoms. The molecule has 1 saturated carbocycles. The third-order valence-electron chi connectivity index (χ3n) is 3.94. The van der Waals surface area contributed by atoms with Gasteiger partial charge in [0.15, 0.2) is 0 Å². The average molecular weight is 230 g/mol. The van der Waals surface area contributed by atoms with E-state index in [0.29, 0.717) is 0 Å². The molecule has 17 heavy (non-hydrogen) atoms. The smallest absolute Gasteiger partial charge is 0.0613 e. The van der Waals surface area contributed by atoms with Crippen molar-refractivity contribution in [3.05, 3.63) is 36.0 Å². The molecule has 0 unspecified atom stereocenters. The number of nitrogens with one attached hydrogen (secondary N) is 2. The molecular weight excluding hydrogens is 212 g/mol. The molecule has 2 aromatic rings. The van der Waals surface area contributed by atoms with Gasteiger partial charge in [-0.25, -0.2) is 0 Å². The highest BCUT2D eigenvalue weighted by Crippen LogP contribution is 2.31. The van der Waals surface area contributed by atoms with E-state index in [1.807, 2.05) is 6.07 Å². The quantitative estimate of drug-likeness (QED) is 0.754. The second kappa shape index (κ2) is 4.17. The number of hydrogen-bond donors (Lipinski definition) is 3. The lowest BCUT2D eigenvalue weighted by atomic mass is 9.77. The van der Waals surface area contributed by atoms with Gasteiger partial charge in [0.2, 0.25) is 0 Å². The van der Waals surface area contributed by atoms with Gasteiger partial charge in [-0.2, -0.15) is 0 Å². The maximum Gasteiger partial charge on any atom is 0.0613 e. The van der Waals surface area contributed by atoms with Crippen LogP contribution in [0.25, 0.3) is 10.9 Å². The Morgan fingerprint density at radius 1 is 1.29 bits per heavy atom. The Morgan fingerprint density at radius 3 is 2.82 bits per heavy atom. The lowest BCUT2D eigenvalue weighted by molar-refractivity contribution is 0.0873. The fourth-order valence-electron chi connectivity index (χ4n) is 2.55. The lowest BCUT2D eigenvalue weighted by Crippen LogP contribution is -2.53. The fourth-order valence-corrected chi connectivity index (χ4v) is 2.55. The number of rotatable bonds is 4. The van der Waals surface area contributed by atoms with Gasteiger partial charge in [-0.1, -0.05) is 18.2 Å². The molecule has 1 heterocycles. The molecule has 1 aliphatic rings. The van der Waals surface area contributed by atoms with Crippen molar-refractivity contribution in [2.45, 2.75) is 31.3 Å². The standard InChI is InChI=1S/C14H18N2O/c17-10-14(6-3-7-14)16-9-11-8-15-13-5-2-1-4-12(11)13/h1-2,4-5,8,15-17H,3,6-7,9-10H2. The van der Waals surface area contributed by atoms with Gasteiger partial charge in [0.25, 0.3) is 0 Å². The summed E-state index contributed by atoms with van der Waals surface area (Å²) in [6.07, 6.45) is 5.46. The number of aliphatic hydroxyl groups is 1. The summed E-state index contributed by atoms with van der Waals surface area (Å²) in [4.78, 5) is 3.28. The van der Waals surface area contributed by atoms with Crippen LogP contribution in [0.5, 0.6) is 0 Å². The Morgan fingerprint density at radius 2 is 2.12 bits per heavy atom. The van der Waals surface area contributed by atoms with Crippen molar-refractivity contribution in [3.8, 4) is 0 Å². The minimum Gasteiger partial charge on any atom is -0.394 e. The number of hydrogen-bond acceptors (Lipinski definition) is 2. The Labute approximate surface area is 101 Å². The minimum absolute atomic E-state index is 0.0155. The van der Waals surface area contributed by atoms with Gasteiger partial charge in [0.1, 0.15) is 0 Å². The first-order chi connectivity index (χ1) is 8.33. The third kappa shape index (κ3) is 1.85. The highest BCUT2D eigenvalue weighted by atomic mass is 16.3. The van der Waals surface area contributed by atoms with Gasteiger partial charge < -0.3 is 15.4 Å². The largest absolute Gasteiger partial charge is 0.394 e. The summed E-state index contributed by atoms with van der Waals surface area (Å²) < 4.78 is 0. The summed E-state index contributed by atoms with van der Waals surface area (Å²) in [6, 6.07) is 8.32. The molecule has 0 bridgehead atoms. The van der Waals surface area contributed by atoms with Crippen molar-refractivity contribution in [1.29, 1.82) is 0 Å². The van der Waals surface area contributed by atoms with E-state index < -0.39 is 0 Å². The summed E-state index contributed by atoms with van der Waals surface area (Å²) in [5.41, 5.74) is 2.44. The first-order valence-electron chi connectivity index (χ1n) is 6.24. The van der Waals surface area contributed by atoms with E-state index in [1.54, 1.807) is 0 Å². The van der Waals surface area contributed by atoms with E-state index in [0.717, 1.165) is 19.4 Å². The van der Waals surface area contributed by atoms with Crippen LogP contribution in [-0.2, 0) is 6.54 Å². The monoisotopic (exact) mass is 230 g/mol. The summed E-state index contributed by atoms with van der Waals surface area (Å²) >= 11 is 0. The number of para-hydroxylation sites is 1. The van der Waals surface area contributed by atoms with E-state index in [1.165, 1.54) is 22.9 Å². The van der Waals surface area contributed by atoms with Crippen molar-refractivity contribution in [2.75, 3.05) is 6.61 Å². The van der Waals surface area contributed by atoms with E-state index in [4.69, 9.17) is 0 Å². The molecule has 3 nitrogen and oxygen atoms in total. The zero-order chi connectivity index (χ0) is 11.7. The summed E-state index contributed by atoms with van der Waals surface area (Å²) in [5.74, 6) is 0. The molecule has 0 atom stereocenters. The molecule has 0 aliphatic heterocycles. The van der Waals surface area contributed by atoms with E-state index in [2.05, 4.69) is 34.7 Å². The molecule has 0 saturated heterocycles. The van der Waals surface area contributed by atoms with E-state index in [9.17, 15) is 5.11 Å². The zero-order valence-electron chi connectivity index (χ0n) is 9.87. The van der Waals surface area contributed by atoms with E-state index >= 15 is 0 Å². The van der Waals surface area contributed by atoms with Crippen LogP contribution in [0, 0.1) is 0 Å². The highest BCUT2D eigenvalue weighted by Gasteiger charge is 2.35. The number of benzene rings is 1. The Balaban J connectivity index is 1.77. The number of fused-ring (bicyclic) bond motifs is 1. The lowest BCUT2D eigenvalue weighted by Gasteiger charge is -2.41. The number of aromatic amines is 1. The first-order valence-corrected chi connectivity index (χ1v) is 6.24. The predicted octanol–water partition coefficient (Wildman–Crippen LogP) is 2.17. The maximum atomic E-state index is 9.41. The Kier molecular flexibility index (Phi) is 2.65. The Bertz CT molecular complexity index is 508. The van der Waals surface area contributed by atoms with E-state index in [-0.39, 0.29) is 12.1 Å². The highest BCUT2D eigenvalue weighted by molar-refractivity contribution is 5.82. The van der Waals surface area contributed by atoms with Gasteiger partial charge in [-0.15, -0.1) is 0 Å². The summed E-state index contributed by atoms with van der Waals surface area (Å²) in [6.45, 7) is 1.07. The minimum atomic E-state index is -0.0155. The van der Waals surface area contributed by atoms with Crippen LogP contribution in [0.4, 0.5) is 0 Å². The van der Waals surface area contributed by atoms with Crippen molar-refractivity contribution < 1.29 is 5.11 Å². The van der Waals surface area contributed by atoms with Crippen LogP contribution in [0.15, 0.2) is 30.5 Å². The van der Waals surface area contributed by atoms with Crippen LogP contribution in [0.1, 0.15) is 24.8 Å². The third-order valence-corrected chi connectivity index (χ3v) is 3.94. The SMILES string of the molecule is OCC1(NCc2c[nH]c3ccccc23)CCC1. The second-order valence-corrected chi connectivity index (χ2v) is 5.01. The number of H-pyrrole nitrogens is 1. The molecule has 3 rings (SSSR count). The van der Waals surface area contributed by atoms with Gasteiger partial charge in [-0.05, 0) is 30.9 Å². The molecule has 1 aromatic heterocycles. The molecular formula is C14H18N2O. The first kappa shape index (κ1) is 10.8. The topological polar surface area (TPSA) is 48.0 Å². The van der Waals surface area contributed by atoms with Gasteiger partial charge in [0.05, 0.1) is 6.61 Å².